The Morgan fingerprint density at radius 2 is 1.90 bits per heavy atom. The zero-order chi connectivity index (χ0) is 22.0. The lowest BCUT2D eigenvalue weighted by atomic mass is 10.1. The van der Waals surface area contributed by atoms with Crippen molar-refractivity contribution >= 4 is 9.84 Å². The maximum Gasteiger partial charge on any atom is 0.188 e. The highest BCUT2D eigenvalue weighted by atomic mass is 32.2. The second-order valence-electron chi connectivity index (χ2n) is 8.37. The van der Waals surface area contributed by atoms with Crippen LogP contribution in [-0.4, -0.2) is 51.4 Å². The molecule has 2 aromatic rings. The molecule has 3 atom stereocenters. The van der Waals surface area contributed by atoms with Gasteiger partial charge >= 0.3 is 0 Å². The second kappa shape index (κ2) is 9.09. The molecule has 2 heterocycles. The van der Waals surface area contributed by atoms with E-state index in [1.807, 2.05) is 24.3 Å². The van der Waals surface area contributed by atoms with E-state index in [1.165, 1.54) is 26.5 Å². The van der Waals surface area contributed by atoms with E-state index in [-0.39, 0.29) is 10.6 Å². The number of fused-ring (bicyclic) bond motifs is 1. The molecule has 0 aliphatic carbocycles. The molecule has 2 aromatic carbocycles. The van der Waals surface area contributed by atoms with Gasteiger partial charge in [0, 0.05) is 12.6 Å². The van der Waals surface area contributed by atoms with Crippen LogP contribution in [0.2, 0.25) is 0 Å². The Hall–Kier alpha value is -2.25. The van der Waals surface area contributed by atoms with Crippen molar-refractivity contribution in [2.45, 2.75) is 55.4 Å². The molecule has 0 amide bonds. The van der Waals surface area contributed by atoms with Crippen molar-refractivity contribution in [1.29, 1.82) is 0 Å². The van der Waals surface area contributed by atoms with Crippen LogP contribution < -0.4 is 14.2 Å². The quantitative estimate of drug-likeness (QED) is 0.594. The van der Waals surface area contributed by atoms with Gasteiger partial charge in [-0.2, -0.15) is 0 Å². The van der Waals surface area contributed by atoms with Crippen molar-refractivity contribution in [1.82, 2.24) is 4.90 Å². The smallest absolute Gasteiger partial charge is 0.188 e. The summed E-state index contributed by atoms with van der Waals surface area (Å²) in [6.45, 7) is 6.89. The van der Waals surface area contributed by atoms with Crippen LogP contribution in [0.15, 0.2) is 47.4 Å². The van der Waals surface area contributed by atoms with Gasteiger partial charge in [0.2, 0.25) is 0 Å². The van der Waals surface area contributed by atoms with Crippen LogP contribution in [0.1, 0.15) is 44.8 Å². The van der Waals surface area contributed by atoms with Gasteiger partial charge in [0.15, 0.2) is 21.3 Å². The van der Waals surface area contributed by atoms with E-state index in [0.717, 1.165) is 24.3 Å². The molecule has 6 nitrogen and oxygen atoms in total. The first kappa shape index (κ1) is 22.0. The first-order valence-electron chi connectivity index (χ1n) is 11.0. The molecule has 0 aromatic heterocycles. The molecule has 7 heteroatoms. The number of para-hydroxylation sites is 1. The fourth-order valence-electron chi connectivity index (χ4n) is 4.46. The van der Waals surface area contributed by atoms with E-state index in [1.54, 1.807) is 25.1 Å². The summed E-state index contributed by atoms with van der Waals surface area (Å²) < 4.78 is 43.5. The third kappa shape index (κ3) is 4.39. The average Bonchev–Trinajstić information content (AvgIpc) is 3.18. The van der Waals surface area contributed by atoms with Crippen molar-refractivity contribution in [3.05, 3.63) is 48.0 Å². The molecule has 1 saturated heterocycles. The van der Waals surface area contributed by atoms with E-state index in [0.29, 0.717) is 18.4 Å². The fourth-order valence-corrected chi connectivity index (χ4v) is 6.07. The number of rotatable bonds is 7. The van der Waals surface area contributed by atoms with E-state index >= 15 is 0 Å². The normalized spacial score (nSPS) is 24.9. The number of methoxy groups -OCH3 is 1. The molecule has 0 bridgehead atoms. The third-order valence-corrected chi connectivity index (χ3v) is 8.55. The van der Waals surface area contributed by atoms with Crippen LogP contribution >= 0.6 is 0 Å². The first-order valence-corrected chi connectivity index (χ1v) is 12.5. The van der Waals surface area contributed by atoms with Crippen molar-refractivity contribution in [2.24, 2.45) is 0 Å². The fraction of sp³-hybridized carbons (Fsp3) is 0.500. The highest BCUT2D eigenvalue weighted by molar-refractivity contribution is 7.92. The van der Waals surface area contributed by atoms with Gasteiger partial charge in [0.05, 0.1) is 13.7 Å². The number of ether oxygens (including phenoxy) is 3. The Labute approximate surface area is 185 Å². The van der Waals surface area contributed by atoms with Crippen molar-refractivity contribution in [3.8, 4) is 17.2 Å². The zero-order valence-electron chi connectivity index (χ0n) is 18.4. The third-order valence-electron chi connectivity index (χ3n) is 6.39. The highest BCUT2D eigenvalue weighted by Gasteiger charge is 2.41. The summed E-state index contributed by atoms with van der Waals surface area (Å²) in [6.07, 6.45) is 2.95. The SMILES string of the molecule is COc1cccc2c1OC(c1ccc(OCCCN3CCC[C@@H]3C)cc1)C(C)S2(=O)=O. The summed E-state index contributed by atoms with van der Waals surface area (Å²) in [5.41, 5.74) is 0.797. The predicted octanol–water partition coefficient (Wildman–Crippen LogP) is 4.24. The number of hydrogen-bond acceptors (Lipinski definition) is 6. The lowest BCUT2D eigenvalue weighted by Gasteiger charge is -2.32. The molecule has 0 saturated carbocycles. The maximum atomic E-state index is 13.1. The Morgan fingerprint density at radius 1 is 1.13 bits per heavy atom. The summed E-state index contributed by atoms with van der Waals surface area (Å²) in [4.78, 5) is 2.70. The van der Waals surface area contributed by atoms with Crippen LogP contribution in [0.3, 0.4) is 0 Å². The maximum absolute atomic E-state index is 13.1. The number of likely N-dealkylation sites (tertiary alicyclic amines) is 1. The molecule has 2 unspecified atom stereocenters. The van der Waals surface area contributed by atoms with E-state index in [4.69, 9.17) is 14.2 Å². The van der Waals surface area contributed by atoms with Gasteiger partial charge in [0.1, 0.15) is 22.0 Å². The number of hydrogen-bond donors (Lipinski definition) is 0. The molecule has 4 rings (SSSR count). The van der Waals surface area contributed by atoms with E-state index < -0.39 is 21.2 Å². The Balaban J connectivity index is 1.42. The summed E-state index contributed by atoms with van der Waals surface area (Å²) in [7, 11) is -2.02. The van der Waals surface area contributed by atoms with Gasteiger partial charge < -0.3 is 19.1 Å². The number of benzene rings is 2. The summed E-state index contributed by atoms with van der Waals surface area (Å²) in [5, 5.41) is -0.707. The molecule has 2 aliphatic heterocycles. The monoisotopic (exact) mass is 445 g/mol. The standard InChI is InChI=1S/C24H31NO5S/c1-17-7-5-14-25(17)15-6-16-29-20-12-10-19(11-13-20)23-18(2)31(26,27)22-9-4-8-21(28-3)24(22)30-23/h4,8-13,17-18,23H,5-7,14-16H2,1-3H3/t17-,18?,23?/m0/s1. The second-order valence-corrected chi connectivity index (χ2v) is 10.6. The molecule has 2 aliphatic rings. The Kier molecular flexibility index (Phi) is 6.44. The van der Waals surface area contributed by atoms with Crippen LogP contribution in [0.4, 0.5) is 0 Å². The van der Waals surface area contributed by atoms with Crippen LogP contribution in [0.5, 0.6) is 17.2 Å². The minimum absolute atomic E-state index is 0.183. The minimum atomic E-state index is -3.53. The lowest BCUT2D eigenvalue weighted by Crippen LogP contribution is -2.34. The van der Waals surface area contributed by atoms with Crippen molar-refractivity contribution in [3.63, 3.8) is 0 Å². The van der Waals surface area contributed by atoms with Gasteiger partial charge in [-0.25, -0.2) is 8.42 Å². The van der Waals surface area contributed by atoms with E-state index in [2.05, 4.69) is 11.8 Å². The van der Waals surface area contributed by atoms with Crippen LogP contribution in [0, 0.1) is 0 Å². The molecule has 1 fully saturated rings. The average molecular weight is 446 g/mol. The zero-order valence-corrected chi connectivity index (χ0v) is 19.2. The van der Waals surface area contributed by atoms with Crippen molar-refractivity contribution < 1.29 is 22.6 Å². The van der Waals surface area contributed by atoms with Gasteiger partial charge in [-0.15, -0.1) is 0 Å². The van der Waals surface area contributed by atoms with Crippen molar-refractivity contribution in [2.75, 3.05) is 26.8 Å². The number of sulfone groups is 1. The predicted molar refractivity (Wildman–Crippen MR) is 120 cm³/mol. The summed E-state index contributed by atoms with van der Waals surface area (Å²) in [5.74, 6) is 1.48. The largest absolute Gasteiger partial charge is 0.494 e. The van der Waals surface area contributed by atoms with Gasteiger partial charge in [-0.1, -0.05) is 18.2 Å². The van der Waals surface area contributed by atoms with Crippen LogP contribution in [0.25, 0.3) is 0 Å². The minimum Gasteiger partial charge on any atom is -0.494 e. The molecule has 0 N–H and O–H groups in total. The molecule has 31 heavy (non-hydrogen) atoms. The first-order chi connectivity index (χ1) is 14.9. The molecular formula is C24H31NO5S. The Morgan fingerprint density at radius 3 is 2.58 bits per heavy atom. The van der Waals surface area contributed by atoms with Crippen LogP contribution in [-0.2, 0) is 9.84 Å². The summed E-state index contributed by atoms with van der Waals surface area (Å²) >= 11 is 0. The molecule has 168 valence electrons. The Bertz CT molecular complexity index is 1010. The topological polar surface area (TPSA) is 65.1 Å². The molecule has 0 spiro atoms. The lowest BCUT2D eigenvalue weighted by molar-refractivity contribution is 0.180. The molecular weight excluding hydrogens is 414 g/mol. The van der Waals surface area contributed by atoms with Gasteiger partial charge in [-0.05, 0) is 69.5 Å². The molecule has 0 radical (unpaired) electrons. The summed E-state index contributed by atoms with van der Waals surface area (Å²) in [6, 6.07) is 13.2. The van der Waals surface area contributed by atoms with Gasteiger partial charge in [-0.3, -0.25) is 0 Å². The van der Waals surface area contributed by atoms with E-state index in [9.17, 15) is 8.42 Å². The van der Waals surface area contributed by atoms with Gasteiger partial charge in [0.25, 0.3) is 0 Å². The highest BCUT2D eigenvalue weighted by Crippen LogP contribution is 2.45. The number of nitrogens with zero attached hydrogens (tertiary/aromatic N) is 1.